The van der Waals surface area contributed by atoms with Crippen LogP contribution in [0.4, 0.5) is 35.1 Å². The molecule has 2 atom stereocenters. The first-order valence-corrected chi connectivity index (χ1v) is 10.2. The molecule has 0 fully saturated rings. The summed E-state index contributed by atoms with van der Waals surface area (Å²) in [6, 6.07) is 9.01. The van der Waals surface area contributed by atoms with Crippen molar-refractivity contribution in [3.8, 4) is 0 Å². The maximum atomic E-state index is 13.4. The lowest BCUT2D eigenvalue weighted by molar-refractivity contribution is -0.135. The predicted molar refractivity (Wildman–Crippen MR) is 94.8 cm³/mol. The summed E-state index contributed by atoms with van der Waals surface area (Å²) in [7, 11) is 1.13. The molecule has 154 valence electrons. The normalized spacial score (nSPS) is 14.7. The second-order valence-electron chi connectivity index (χ2n) is 5.92. The van der Waals surface area contributed by atoms with E-state index in [4.69, 9.17) is 0 Å². The highest BCUT2D eigenvalue weighted by atomic mass is 33.1. The van der Waals surface area contributed by atoms with Crippen LogP contribution in [0.3, 0.4) is 0 Å². The van der Waals surface area contributed by atoms with Gasteiger partial charge in [-0.15, -0.1) is 0 Å². The van der Waals surface area contributed by atoms with Crippen molar-refractivity contribution in [2.24, 2.45) is 0 Å². The van der Waals surface area contributed by atoms with E-state index in [1.165, 1.54) is 24.3 Å². The Morgan fingerprint density at radius 3 is 1.29 bits per heavy atom. The lowest BCUT2D eigenvalue weighted by Crippen LogP contribution is -2.13. The molecule has 0 saturated carbocycles. The highest BCUT2D eigenvalue weighted by Crippen LogP contribution is 2.52. The largest absolute Gasteiger partial charge is 0.390 e. The van der Waals surface area contributed by atoms with Crippen LogP contribution in [0.1, 0.15) is 34.5 Å². The quantitative estimate of drug-likeness (QED) is 0.312. The van der Waals surface area contributed by atoms with Gasteiger partial charge in [-0.2, -0.15) is 26.3 Å². The number of halogens is 8. The van der Waals surface area contributed by atoms with Crippen LogP contribution in [0.25, 0.3) is 0 Å². The van der Waals surface area contributed by atoms with Crippen LogP contribution in [-0.4, -0.2) is 12.4 Å². The van der Waals surface area contributed by atoms with Gasteiger partial charge in [-0.25, -0.2) is 8.78 Å². The summed E-state index contributed by atoms with van der Waals surface area (Å²) in [5, 5.41) is -2.63. The summed E-state index contributed by atoms with van der Waals surface area (Å²) >= 11 is 0. The lowest BCUT2D eigenvalue weighted by Gasteiger charge is -2.23. The summed E-state index contributed by atoms with van der Waals surface area (Å²) < 4.78 is 104. The molecule has 2 unspecified atom stereocenters. The van der Waals surface area contributed by atoms with E-state index in [9.17, 15) is 35.1 Å². The summed E-state index contributed by atoms with van der Waals surface area (Å²) in [5.74, 6) is -1.49. The Hall–Kier alpha value is -1.42. The zero-order chi connectivity index (χ0) is 20.9. The molecular formula is C18H14F8S2. The Kier molecular flexibility index (Phi) is 7.66. The molecule has 0 saturated heterocycles. The molecule has 0 N–H and O–H groups in total. The zero-order valence-corrected chi connectivity index (χ0v) is 15.7. The van der Waals surface area contributed by atoms with Crippen LogP contribution in [0.2, 0.25) is 0 Å². The van der Waals surface area contributed by atoms with E-state index in [1.807, 2.05) is 0 Å². The summed E-state index contributed by atoms with van der Waals surface area (Å²) in [6.45, 7) is 0. The summed E-state index contributed by atoms with van der Waals surface area (Å²) in [6.07, 6.45) is -11.9. The summed E-state index contributed by atoms with van der Waals surface area (Å²) in [4.78, 5) is 0. The third-order valence-corrected chi connectivity index (χ3v) is 6.74. The summed E-state index contributed by atoms with van der Waals surface area (Å²) in [5.41, 5.74) is 0.0275. The van der Waals surface area contributed by atoms with Crippen molar-refractivity contribution in [3.63, 3.8) is 0 Å². The lowest BCUT2D eigenvalue weighted by atomic mass is 10.1. The van der Waals surface area contributed by atoms with E-state index in [2.05, 4.69) is 0 Å². The van der Waals surface area contributed by atoms with Gasteiger partial charge in [-0.05, 0) is 35.4 Å². The maximum Gasteiger partial charge on any atom is 0.390 e. The van der Waals surface area contributed by atoms with E-state index >= 15 is 0 Å². The topological polar surface area (TPSA) is 0 Å². The zero-order valence-electron chi connectivity index (χ0n) is 14.0. The Labute approximate surface area is 164 Å². The molecule has 28 heavy (non-hydrogen) atoms. The highest BCUT2D eigenvalue weighted by molar-refractivity contribution is 8.76. The molecule has 0 radical (unpaired) electrons. The van der Waals surface area contributed by atoms with E-state index in [-0.39, 0.29) is 11.1 Å². The molecule has 0 amide bonds. The minimum atomic E-state index is -4.59. The van der Waals surface area contributed by atoms with Crippen molar-refractivity contribution in [2.75, 3.05) is 0 Å². The van der Waals surface area contributed by atoms with Crippen molar-refractivity contribution in [2.45, 2.75) is 35.7 Å². The molecule has 0 nitrogen and oxygen atoms in total. The molecule has 0 aliphatic carbocycles. The SMILES string of the molecule is Fc1cccc(C(CC(F)(F)F)SSC(CC(F)(F)F)c2cccc(F)c2)c1. The highest BCUT2D eigenvalue weighted by Gasteiger charge is 2.36. The van der Waals surface area contributed by atoms with Crippen LogP contribution in [0, 0.1) is 11.6 Å². The van der Waals surface area contributed by atoms with Crippen LogP contribution >= 0.6 is 21.6 Å². The van der Waals surface area contributed by atoms with E-state index in [1.54, 1.807) is 0 Å². The number of hydrogen-bond donors (Lipinski definition) is 0. The molecule has 0 aliphatic rings. The molecule has 0 aliphatic heterocycles. The van der Waals surface area contributed by atoms with Crippen molar-refractivity contribution >= 4 is 21.6 Å². The molecule has 0 spiro atoms. The average Bonchev–Trinajstić information content (AvgIpc) is 2.55. The molecule has 0 bridgehead atoms. The van der Waals surface area contributed by atoms with Gasteiger partial charge >= 0.3 is 12.4 Å². The van der Waals surface area contributed by atoms with Gasteiger partial charge in [0.1, 0.15) is 11.6 Å². The first-order chi connectivity index (χ1) is 12.9. The number of hydrogen-bond acceptors (Lipinski definition) is 2. The molecular weight excluding hydrogens is 432 g/mol. The van der Waals surface area contributed by atoms with Gasteiger partial charge in [0, 0.05) is 10.5 Å². The fourth-order valence-corrected chi connectivity index (χ4v) is 5.56. The van der Waals surface area contributed by atoms with Gasteiger partial charge in [-0.3, -0.25) is 0 Å². The van der Waals surface area contributed by atoms with Gasteiger partial charge in [0.15, 0.2) is 0 Å². The van der Waals surface area contributed by atoms with Crippen molar-refractivity contribution in [1.82, 2.24) is 0 Å². The second-order valence-corrected chi connectivity index (χ2v) is 8.60. The van der Waals surface area contributed by atoms with Gasteiger partial charge in [0.25, 0.3) is 0 Å². The van der Waals surface area contributed by atoms with Crippen LogP contribution in [0.5, 0.6) is 0 Å². The van der Waals surface area contributed by atoms with Gasteiger partial charge in [-0.1, -0.05) is 45.9 Å². The Bertz CT molecular complexity index is 707. The third kappa shape index (κ3) is 7.90. The van der Waals surface area contributed by atoms with Crippen molar-refractivity contribution < 1.29 is 35.1 Å². The van der Waals surface area contributed by atoms with E-state index in [0.29, 0.717) is 21.6 Å². The van der Waals surface area contributed by atoms with Crippen LogP contribution < -0.4 is 0 Å². The molecule has 0 heterocycles. The minimum Gasteiger partial charge on any atom is -0.207 e. The van der Waals surface area contributed by atoms with Crippen LogP contribution in [0.15, 0.2) is 48.5 Å². The molecule has 10 heteroatoms. The smallest absolute Gasteiger partial charge is 0.207 e. The first-order valence-electron chi connectivity index (χ1n) is 7.89. The van der Waals surface area contributed by atoms with E-state index in [0.717, 1.165) is 24.3 Å². The fourth-order valence-electron chi connectivity index (χ4n) is 2.38. The molecule has 2 aromatic rings. The fraction of sp³-hybridized carbons (Fsp3) is 0.333. The van der Waals surface area contributed by atoms with Gasteiger partial charge < -0.3 is 0 Å². The Balaban J connectivity index is 2.24. The van der Waals surface area contributed by atoms with Crippen molar-refractivity contribution in [1.29, 1.82) is 0 Å². The number of rotatable bonds is 7. The van der Waals surface area contributed by atoms with Gasteiger partial charge in [0.2, 0.25) is 0 Å². The standard InChI is InChI=1S/C18H14F8S2/c19-13-5-1-3-11(7-13)15(9-17(21,22)23)27-28-16(10-18(24,25)26)12-4-2-6-14(20)8-12/h1-8,15-16H,9-10H2. The second kappa shape index (κ2) is 9.39. The van der Waals surface area contributed by atoms with Crippen molar-refractivity contribution in [3.05, 3.63) is 71.3 Å². The molecule has 0 aromatic heterocycles. The first kappa shape index (κ1) is 22.9. The number of alkyl halides is 6. The number of benzene rings is 2. The Morgan fingerprint density at radius 1 is 0.643 bits per heavy atom. The molecule has 2 aromatic carbocycles. The van der Waals surface area contributed by atoms with Gasteiger partial charge in [0.05, 0.1) is 12.8 Å². The Morgan fingerprint density at radius 2 is 1.00 bits per heavy atom. The minimum absolute atomic E-state index is 0.0137. The maximum absolute atomic E-state index is 13.4. The third-order valence-electron chi connectivity index (χ3n) is 3.56. The monoisotopic (exact) mass is 446 g/mol. The van der Waals surface area contributed by atoms with E-state index < -0.39 is 47.3 Å². The molecule has 2 rings (SSSR count). The average molecular weight is 446 g/mol. The van der Waals surface area contributed by atoms with Crippen LogP contribution in [-0.2, 0) is 0 Å². The predicted octanol–water partition coefficient (Wildman–Crippen LogP) is 8.03.